The highest BCUT2D eigenvalue weighted by Crippen LogP contribution is 2.55. The van der Waals surface area contributed by atoms with Crippen LogP contribution in [-0.4, -0.2) is 31.5 Å². The third-order valence-corrected chi connectivity index (χ3v) is 9.12. The molecule has 0 saturated heterocycles. The van der Waals surface area contributed by atoms with Gasteiger partial charge in [0.1, 0.15) is 5.76 Å². The van der Waals surface area contributed by atoms with Crippen molar-refractivity contribution in [3.63, 3.8) is 0 Å². The Morgan fingerprint density at radius 3 is 2.44 bits per heavy atom. The number of carbonyl (C=O) groups is 1. The molecular formula is C26H29ClN4O2S. The minimum Gasteiger partial charge on any atom is -0.467 e. The second-order valence-electron chi connectivity index (χ2n) is 10.4. The molecule has 4 fully saturated rings. The fraction of sp³-hybridized carbons (Fsp3) is 0.500. The van der Waals surface area contributed by atoms with Gasteiger partial charge in [0.05, 0.1) is 18.1 Å². The summed E-state index contributed by atoms with van der Waals surface area (Å²) in [5.74, 6) is 4.04. The van der Waals surface area contributed by atoms with Crippen molar-refractivity contribution < 1.29 is 9.21 Å². The molecule has 1 amide bonds. The van der Waals surface area contributed by atoms with E-state index in [1.165, 1.54) is 31.0 Å². The summed E-state index contributed by atoms with van der Waals surface area (Å²) in [6, 6.07) is 11.4. The van der Waals surface area contributed by atoms with Crippen LogP contribution in [0.15, 0.2) is 52.2 Å². The van der Waals surface area contributed by atoms with E-state index in [1.54, 1.807) is 6.26 Å². The van der Waals surface area contributed by atoms with Gasteiger partial charge in [-0.25, -0.2) is 0 Å². The van der Waals surface area contributed by atoms with Gasteiger partial charge >= 0.3 is 0 Å². The molecule has 4 aliphatic carbocycles. The highest BCUT2D eigenvalue weighted by atomic mass is 35.5. The van der Waals surface area contributed by atoms with Crippen molar-refractivity contribution in [2.24, 2.45) is 17.8 Å². The zero-order chi connectivity index (χ0) is 23.3. The van der Waals surface area contributed by atoms with Gasteiger partial charge in [-0.2, -0.15) is 0 Å². The molecular weight excluding hydrogens is 468 g/mol. The number of furan rings is 1. The molecule has 7 rings (SSSR count). The number of carbonyl (C=O) groups excluding carboxylic acids is 1. The van der Waals surface area contributed by atoms with E-state index in [9.17, 15) is 4.79 Å². The molecule has 1 atom stereocenters. The first-order valence-corrected chi connectivity index (χ1v) is 13.4. The number of hydrogen-bond acceptors (Lipinski definition) is 5. The number of thioether (sulfide) groups is 1. The van der Waals surface area contributed by atoms with E-state index in [-0.39, 0.29) is 16.7 Å². The average molecular weight is 497 g/mol. The van der Waals surface area contributed by atoms with Gasteiger partial charge in [-0.3, -0.25) is 9.36 Å². The van der Waals surface area contributed by atoms with Crippen molar-refractivity contribution in [2.45, 2.75) is 67.9 Å². The quantitative estimate of drug-likeness (QED) is 0.418. The molecule has 1 N–H and O–H groups in total. The normalized spacial score (nSPS) is 28.2. The molecule has 2 aromatic heterocycles. The van der Waals surface area contributed by atoms with Crippen LogP contribution >= 0.6 is 23.4 Å². The number of aromatic nitrogens is 3. The maximum absolute atomic E-state index is 13.4. The molecule has 6 nitrogen and oxygen atoms in total. The lowest BCUT2D eigenvalue weighted by Crippen LogP contribution is -2.60. The van der Waals surface area contributed by atoms with Gasteiger partial charge in [0.15, 0.2) is 11.0 Å². The Kier molecular flexibility index (Phi) is 5.72. The molecule has 4 saturated carbocycles. The lowest BCUT2D eigenvalue weighted by molar-refractivity contribution is -0.126. The van der Waals surface area contributed by atoms with Crippen molar-refractivity contribution in [1.82, 2.24) is 20.1 Å². The van der Waals surface area contributed by atoms with Crippen LogP contribution in [0.25, 0.3) is 11.4 Å². The predicted octanol–water partition coefficient (Wildman–Crippen LogP) is 5.81. The van der Waals surface area contributed by atoms with Crippen LogP contribution in [0.1, 0.15) is 51.2 Å². The fourth-order valence-electron chi connectivity index (χ4n) is 6.73. The Hall–Kier alpha value is -2.25. The van der Waals surface area contributed by atoms with Crippen LogP contribution in [0.2, 0.25) is 5.02 Å². The Morgan fingerprint density at radius 2 is 1.82 bits per heavy atom. The maximum atomic E-state index is 13.4. The van der Waals surface area contributed by atoms with Gasteiger partial charge in [-0.15, -0.1) is 10.2 Å². The molecule has 0 unspecified atom stereocenters. The highest BCUT2D eigenvalue weighted by Gasteiger charge is 2.51. The number of nitrogens with zero attached hydrogens (tertiary/aromatic N) is 3. The molecule has 4 aliphatic rings. The van der Waals surface area contributed by atoms with Crippen molar-refractivity contribution in [3.8, 4) is 11.4 Å². The van der Waals surface area contributed by atoms with Crippen molar-refractivity contribution >= 4 is 29.3 Å². The molecule has 3 aromatic rings. The minimum atomic E-state index is -0.273. The van der Waals surface area contributed by atoms with E-state index in [0.717, 1.165) is 54.2 Å². The van der Waals surface area contributed by atoms with E-state index in [0.29, 0.717) is 16.7 Å². The van der Waals surface area contributed by atoms with Crippen LogP contribution in [0.3, 0.4) is 0 Å². The third kappa shape index (κ3) is 4.29. The second-order valence-corrected chi connectivity index (χ2v) is 12.2. The van der Waals surface area contributed by atoms with Gasteiger partial charge in [-0.05, 0) is 99.6 Å². The first kappa shape index (κ1) is 22.2. The Labute approximate surface area is 208 Å². The van der Waals surface area contributed by atoms with Crippen molar-refractivity contribution in [3.05, 3.63) is 53.4 Å². The summed E-state index contributed by atoms with van der Waals surface area (Å²) in [6.07, 6.45) is 9.21. The topological polar surface area (TPSA) is 73.0 Å². The largest absolute Gasteiger partial charge is 0.467 e. The third-order valence-electron chi connectivity index (χ3n) is 7.79. The van der Waals surface area contributed by atoms with Gasteiger partial charge in [-0.1, -0.05) is 23.4 Å². The van der Waals surface area contributed by atoms with Gasteiger partial charge in [0.2, 0.25) is 5.91 Å². The monoisotopic (exact) mass is 496 g/mol. The van der Waals surface area contributed by atoms with E-state index in [1.807, 2.05) is 47.9 Å². The molecule has 0 aliphatic heterocycles. The van der Waals surface area contributed by atoms with Gasteiger partial charge in [0.25, 0.3) is 0 Å². The number of benzene rings is 1. The van der Waals surface area contributed by atoms with E-state index < -0.39 is 0 Å². The molecule has 178 valence electrons. The second kappa shape index (κ2) is 8.76. The summed E-state index contributed by atoms with van der Waals surface area (Å²) < 4.78 is 7.61. The van der Waals surface area contributed by atoms with Gasteiger partial charge in [0, 0.05) is 16.1 Å². The Bertz CT molecular complexity index is 1140. The first-order valence-electron chi connectivity index (χ1n) is 12.2. The Balaban J connectivity index is 1.22. The zero-order valence-electron chi connectivity index (χ0n) is 19.2. The van der Waals surface area contributed by atoms with E-state index >= 15 is 0 Å². The minimum absolute atomic E-state index is 0.0109. The Morgan fingerprint density at radius 1 is 1.15 bits per heavy atom. The van der Waals surface area contributed by atoms with Crippen LogP contribution in [0.5, 0.6) is 0 Å². The summed E-state index contributed by atoms with van der Waals surface area (Å²) in [7, 11) is 0. The highest BCUT2D eigenvalue weighted by molar-refractivity contribution is 8.00. The SMILES string of the molecule is C[C@H](Sc1nnc(-c2ccc(Cl)cc2)n1Cc1ccco1)C(=O)NC12CC3CC(CC(C3)C1)C2. The molecule has 34 heavy (non-hydrogen) atoms. The first-order chi connectivity index (χ1) is 16.5. The summed E-state index contributed by atoms with van der Waals surface area (Å²) in [5.41, 5.74) is 0.928. The van der Waals surface area contributed by atoms with Crippen LogP contribution in [0, 0.1) is 17.8 Å². The lowest BCUT2D eigenvalue weighted by atomic mass is 9.53. The van der Waals surface area contributed by atoms with E-state index in [4.69, 9.17) is 16.0 Å². The summed E-state index contributed by atoms with van der Waals surface area (Å²) in [5, 5.41) is 13.5. The van der Waals surface area contributed by atoms with Crippen LogP contribution in [0.4, 0.5) is 0 Å². The van der Waals surface area contributed by atoms with Crippen molar-refractivity contribution in [1.29, 1.82) is 0 Å². The van der Waals surface area contributed by atoms with Gasteiger partial charge < -0.3 is 9.73 Å². The van der Waals surface area contributed by atoms with E-state index in [2.05, 4.69) is 15.5 Å². The zero-order valence-corrected chi connectivity index (χ0v) is 20.8. The molecule has 2 heterocycles. The summed E-state index contributed by atoms with van der Waals surface area (Å²) in [6.45, 7) is 2.46. The number of amides is 1. The molecule has 4 bridgehead atoms. The summed E-state index contributed by atoms with van der Waals surface area (Å²) in [4.78, 5) is 13.4. The molecule has 0 spiro atoms. The average Bonchev–Trinajstić information content (AvgIpc) is 3.44. The fourth-order valence-corrected chi connectivity index (χ4v) is 7.70. The molecule has 1 aromatic carbocycles. The van der Waals surface area contributed by atoms with Crippen LogP contribution < -0.4 is 5.32 Å². The van der Waals surface area contributed by atoms with Crippen LogP contribution in [-0.2, 0) is 11.3 Å². The standard InChI is InChI=1S/C26H29ClN4O2S/c1-16(24(32)28-26-12-17-9-18(13-26)11-19(10-17)14-26)34-25-30-29-23(20-4-6-21(27)7-5-20)31(25)15-22-3-2-8-33-22/h2-8,16-19H,9-15H2,1H3,(H,28,32)/t16-,17?,18?,19?,26?/m0/s1. The molecule has 8 heteroatoms. The number of rotatable bonds is 7. The molecule has 0 radical (unpaired) electrons. The lowest BCUT2D eigenvalue weighted by Gasteiger charge is -2.57. The smallest absolute Gasteiger partial charge is 0.233 e. The number of hydrogen-bond donors (Lipinski definition) is 1. The number of halogens is 1. The van der Waals surface area contributed by atoms with Crippen molar-refractivity contribution in [2.75, 3.05) is 0 Å². The summed E-state index contributed by atoms with van der Waals surface area (Å²) >= 11 is 7.54. The maximum Gasteiger partial charge on any atom is 0.233 e. The predicted molar refractivity (Wildman–Crippen MR) is 133 cm³/mol. The number of nitrogens with one attached hydrogen (secondary N) is 1.